The third kappa shape index (κ3) is 5.84. The predicted molar refractivity (Wildman–Crippen MR) is 87.9 cm³/mol. The standard InChI is InChI=1S/C17H30N2O4/c1-12(16(22)23)19(10-9-18-13(2)20)15(21)11-14-7-5-6-8-17(14,3)4/h12,14H,5-11H2,1-4H3,(H,18,20)(H,22,23). The summed E-state index contributed by atoms with van der Waals surface area (Å²) in [5.74, 6) is -1.06. The van der Waals surface area contributed by atoms with E-state index in [1.807, 2.05) is 0 Å². The third-order valence-electron chi connectivity index (χ3n) is 5.02. The van der Waals surface area contributed by atoms with Gasteiger partial charge in [0.1, 0.15) is 6.04 Å². The molecule has 1 rings (SSSR count). The van der Waals surface area contributed by atoms with Gasteiger partial charge in [-0.3, -0.25) is 9.59 Å². The molecule has 0 aliphatic heterocycles. The lowest BCUT2D eigenvalue weighted by atomic mass is 9.67. The van der Waals surface area contributed by atoms with Crippen LogP contribution in [0.1, 0.15) is 59.8 Å². The van der Waals surface area contributed by atoms with Gasteiger partial charge in [0.15, 0.2) is 0 Å². The van der Waals surface area contributed by atoms with Crippen molar-refractivity contribution in [1.29, 1.82) is 0 Å². The second kappa shape index (κ2) is 8.31. The van der Waals surface area contributed by atoms with Crippen LogP contribution in [0.2, 0.25) is 0 Å². The molecule has 23 heavy (non-hydrogen) atoms. The van der Waals surface area contributed by atoms with Crippen molar-refractivity contribution in [2.75, 3.05) is 13.1 Å². The van der Waals surface area contributed by atoms with Crippen LogP contribution < -0.4 is 5.32 Å². The SMILES string of the molecule is CC(=O)NCCN(C(=O)CC1CCCCC1(C)C)C(C)C(=O)O. The molecule has 0 aromatic carbocycles. The Kier molecular flexibility index (Phi) is 7.03. The largest absolute Gasteiger partial charge is 0.480 e. The van der Waals surface area contributed by atoms with Crippen LogP contribution in [0.5, 0.6) is 0 Å². The lowest BCUT2D eigenvalue weighted by Crippen LogP contribution is -2.48. The van der Waals surface area contributed by atoms with Gasteiger partial charge in [-0.1, -0.05) is 26.7 Å². The summed E-state index contributed by atoms with van der Waals surface area (Å²) in [4.78, 5) is 36.3. The second-order valence-corrected chi connectivity index (χ2v) is 7.22. The van der Waals surface area contributed by atoms with Gasteiger partial charge in [0, 0.05) is 26.4 Å². The summed E-state index contributed by atoms with van der Waals surface area (Å²) in [6, 6.07) is -0.886. The monoisotopic (exact) mass is 326 g/mol. The van der Waals surface area contributed by atoms with Crippen molar-refractivity contribution in [3.8, 4) is 0 Å². The van der Waals surface area contributed by atoms with Gasteiger partial charge >= 0.3 is 5.97 Å². The topological polar surface area (TPSA) is 86.7 Å². The molecular formula is C17H30N2O4. The number of hydrogen-bond donors (Lipinski definition) is 2. The maximum atomic E-state index is 12.7. The van der Waals surface area contributed by atoms with Gasteiger partial charge in [0.05, 0.1) is 0 Å². The Balaban J connectivity index is 2.73. The average molecular weight is 326 g/mol. The van der Waals surface area contributed by atoms with Crippen molar-refractivity contribution in [3.05, 3.63) is 0 Å². The van der Waals surface area contributed by atoms with E-state index in [4.69, 9.17) is 0 Å². The van der Waals surface area contributed by atoms with E-state index in [-0.39, 0.29) is 36.2 Å². The molecule has 0 radical (unpaired) electrons. The number of nitrogens with one attached hydrogen (secondary N) is 1. The van der Waals surface area contributed by atoms with E-state index in [1.165, 1.54) is 25.2 Å². The molecule has 2 unspecified atom stereocenters. The number of carboxylic acids is 1. The Hall–Kier alpha value is -1.59. The highest BCUT2D eigenvalue weighted by Crippen LogP contribution is 2.42. The number of amides is 2. The maximum absolute atomic E-state index is 12.7. The van der Waals surface area contributed by atoms with Crippen LogP contribution in [0.3, 0.4) is 0 Å². The van der Waals surface area contributed by atoms with E-state index in [2.05, 4.69) is 19.2 Å². The molecule has 1 aliphatic rings. The highest BCUT2D eigenvalue weighted by molar-refractivity contribution is 5.83. The van der Waals surface area contributed by atoms with Gasteiger partial charge in [-0.05, 0) is 31.1 Å². The van der Waals surface area contributed by atoms with E-state index in [0.29, 0.717) is 6.42 Å². The molecule has 0 heterocycles. The minimum Gasteiger partial charge on any atom is -0.480 e. The molecule has 0 spiro atoms. The van der Waals surface area contributed by atoms with Crippen molar-refractivity contribution in [1.82, 2.24) is 10.2 Å². The summed E-state index contributed by atoms with van der Waals surface area (Å²) in [6.45, 7) is 7.78. The first-order chi connectivity index (χ1) is 10.6. The average Bonchev–Trinajstić information content (AvgIpc) is 2.44. The predicted octanol–water partition coefficient (Wildman–Crippen LogP) is 2.03. The third-order valence-corrected chi connectivity index (χ3v) is 5.02. The number of carbonyl (C=O) groups excluding carboxylic acids is 2. The molecule has 1 saturated carbocycles. The Morgan fingerprint density at radius 3 is 2.48 bits per heavy atom. The fourth-order valence-electron chi connectivity index (χ4n) is 3.29. The summed E-state index contributed by atoms with van der Waals surface area (Å²) in [7, 11) is 0. The number of hydrogen-bond acceptors (Lipinski definition) is 3. The first-order valence-electron chi connectivity index (χ1n) is 8.42. The Morgan fingerprint density at radius 1 is 1.30 bits per heavy atom. The van der Waals surface area contributed by atoms with Crippen LogP contribution >= 0.6 is 0 Å². The molecule has 6 nitrogen and oxygen atoms in total. The minimum absolute atomic E-state index is 0.115. The zero-order valence-electron chi connectivity index (χ0n) is 14.7. The van der Waals surface area contributed by atoms with E-state index >= 15 is 0 Å². The number of aliphatic carboxylic acids is 1. The van der Waals surface area contributed by atoms with Gasteiger partial charge < -0.3 is 15.3 Å². The molecule has 2 atom stereocenters. The zero-order valence-corrected chi connectivity index (χ0v) is 14.7. The van der Waals surface area contributed by atoms with Crippen LogP contribution in [0.4, 0.5) is 0 Å². The fourth-order valence-corrected chi connectivity index (χ4v) is 3.29. The zero-order chi connectivity index (χ0) is 17.6. The Morgan fingerprint density at radius 2 is 1.96 bits per heavy atom. The normalized spacial score (nSPS) is 21.3. The molecule has 132 valence electrons. The lowest BCUT2D eigenvalue weighted by Gasteiger charge is -2.39. The van der Waals surface area contributed by atoms with Crippen molar-refractivity contribution < 1.29 is 19.5 Å². The number of carbonyl (C=O) groups is 3. The molecular weight excluding hydrogens is 296 g/mol. The van der Waals surface area contributed by atoms with Gasteiger partial charge in [-0.2, -0.15) is 0 Å². The molecule has 2 amide bonds. The van der Waals surface area contributed by atoms with Crippen molar-refractivity contribution in [2.45, 2.75) is 65.8 Å². The number of carboxylic acid groups (broad SMARTS) is 1. The molecule has 1 fully saturated rings. The molecule has 1 aliphatic carbocycles. The van der Waals surface area contributed by atoms with E-state index in [9.17, 15) is 19.5 Å². The Bertz CT molecular complexity index is 448. The van der Waals surface area contributed by atoms with E-state index < -0.39 is 12.0 Å². The van der Waals surface area contributed by atoms with Gasteiger partial charge in [-0.15, -0.1) is 0 Å². The summed E-state index contributed by atoms with van der Waals surface area (Å²) >= 11 is 0. The van der Waals surface area contributed by atoms with Gasteiger partial charge in [0.2, 0.25) is 11.8 Å². The highest BCUT2D eigenvalue weighted by Gasteiger charge is 2.35. The van der Waals surface area contributed by atoms with Crippen LogP contribution in [-0.2, 0) is 14.4 Å². The van der Waals surface area contributed by atoms with E-state index in [1.54, 1.807) is 0 Å². The summed E-state index contributed by atoms with van der Waals surface area (Å²) in [5.41, 5.74) is 0.115. The van der Waals surface area contributed by atoms with Crippen LogP contribution in [0.15, 0.2) is 0 Å². The molecule has 0 aromatic heterocycles. The molecule has 6 heteroatoms. The molecule has 0 bridgehead atoms. The van der Waals surface area contributed by atoms with Gasteiger partial charge in [0.25, 0.3) is 0 Å². The first kappa shape index (κ1) is 19.5. The Labute approximate surface area is 138 Å². The summed E-state index contributed by atoms with van der Waals surface area (Å²) < 4.78 is 0. The van der Waals surface area contributed by atoms with E-state index in [0.717, 1.165) is 19.3 Å². The maximum Gasteiger partial charge on any atom is 0.326 e. The number of rotatable bonds is 7. The van der Waals surface area contributed by atoms with Crippen LogP contribution in [0, 0.1) is 11.3 Å². The van der Waals surface area contributed by atoms with Crippen molar-refractivity contribution >= 4 is 17.8 Å². The second-order valence-electron chi connectivity index (χ2n) is 7.22. The van der Waals surface area contributed by atoms with Crippen molar-refractivity contribution in [3.63, 3.8) is 0 Å². The highest BCUT2D eigenvalue weighted by atomic mass is 16.4. The quantitative estimate of drug-likeness (QED) is 0.749. The van der Waals surface area contributed by atoms with Gasteiger partial charge in [-0.25, -0.2) is 4.79 Å². The van der Waals surface area contributed by atoms with Crippen LogP contribution in [0.25, 0.3) is 0 Å². The molecule has 0 aromatic rings. The minimum atomic E-state index is -1.02. The molecule has 2 N–H and O–H groups in total. The number of nitrogens with zero attached hydrogens (tertiary/aromatic N) is 1. The van der Waals surface area contributed by atoms with Crippen molar-refractivity contribution in [2.24, 2.45) is 11.3 Å². The summed E-state index contributed by atoms with van der Waals surface area (Å²) in [6.07, 6.45) is 4.81. The summed E-state index contributed by atoms with van der Waals surface area (Å²) in [5, 5.41) is 11.9. The molecule has 0 saturated heterocycles. The van der Waals surface area contributed by atoms with Crippen LogP contribution in [-0.4, -0.2) is 46.9 Å². The fraction of sp³-hybridized carbons (Fsp3) is 0.824. The first-order valence-corrected chi connectivity index (χ1v) is 8.42. The lowest BCUT2D eigenvalue weighted by molar-refractivity contribution is -0.150. The smallest absolute Gasteiger partial charge is 0.326 e.